The number of alkyl carbamates (subject to hydrolysis) is 2. The van der Waals surface area contributed by atoms with E-state index in [9.17, 15) is 9.59 Å². The van der Waals surface area contributed by atoms with Gasteiger partial charge in [-0.05, 0) is 65.5 Å². The predicted molar refractivity (Wildman–Crippen MR) is 139 cm³/mol. The fourth-order valence-electron chi connectivity index (χ4n) is 3.53. The van der Waals surface area contributed by atoms with Gasteiger partial charge in [-0.2, -0.15) is 0 Å². The van der Waals surface area contributed by atoms with Crippen LogP contribution in [0.15, 0.2) is 60.7 Å². The molecule has 35 heavy (non-hydrogen) atoms. The number of carbonyl (C=O) groups excluding carboxylic acids is 2. The van der Waals surface area contributed by atoms with Crippen LogP contribution in [-0.2, 0) is 22.3 Å². The Labute approximate surface area is 210 Å². The molecule has 3 N–H and O–H groups in total. The van der Waals surface area contributed by atoms with Crippen molar-refractivity contribution in [2.24, 2.45) is 0 Å². The predicted octanol–water partition coefficient (Wildman–Crippen LogP) is 4.85. The molecule has 0 aliphatic carbocycles. The average Bonchev–Trinajstić information content (AvgIpc) is 2.72. The lowest BCUT2D eigenvalue weighted by Crippen LogP contribution is -2.49. The summed E-state index contributed by atoms with van der Waals surface area (Å²) in [7, 11) is 0. The first-order valence-corrected chi connectivity index (χ1v) is 12.2. The molecular weight excluding hydrogens is 442 g/mol. The van der Waals surface area contributed by atoms with Crippen molar-refractivity contribution in [3.05, 3.63) is 71.8 Å². The molecule has 0 aromatic heterocycles. The van der Waals surface area contributed by atoms with E-state index in [2.05, 4.69) is 16.0 Å². The largest absolute Gasteiger partial charge is 0.444 e. The molecule has 2 aromatic rings. The molecule has 0 bridgehead atoms. The Bertz CT molecular complexity index is 830. The normalized spacial score (nSPS) is 13.4. The molecule has 7 heteroatoms. The molecular formula is C28H41N3O4. The average molecular weight is 484 g/mol. The molecule has 7 nitrogen and oxygen atoms in total. The number of amides is 2. The zero-order chi connectivity index (χ0) is 25.9. The maximum absolute atomic E-state index is 12.4. The number of rotatable bonds is 10. The van der Waals surface area contributed by atoms with Crippen LogP contribution in [0.5, 0.6) is 0 Å². The molecule has 0 fully saturated rings. The highest BCUT2D eigenvalue weighted by atomic mass is 16.6. The lowest BCUT2D eigenvalue weighted by atomic mass is 10.0. The van der Waals surface area contributed by atoms with Gasteiger partial charge in [-0.3, -0.25) is 0 Å². The molecule has 2 amide bonds. The van der Waals surface area contributed by atoms with Crippen molar-refractivity contribution in [1.29, 1.82) is 0 Å². The van der Waals surface area contributed by atoms with E-state index in [0.717, 1.165) is 11.1 Å². The van der Waals surface area contributed by atoms with Crippen molar-refractivity contribution >= 4 is 12.2 Å². The van der Waals surface area contributed by atoms with Crippen molar-refractivity contribution in [2.45, 2.75) is 77.7 Å². The highest BCUT2D eigenvalue weighted by Crippen LogP contribution is 2.10. The van der Waals surface area contributed by atoms with Gasteiger partial charge in [0.2, 0.25) is 0 Å². The number of hydrogen-bond donors (Lipinski definition) is 3. The zero-order valence-corrected chi connectivity index (χ0v) is 21.9. The van der Waals surface area contributed by atoms with Gasteiger partial charge in [-0.15, -0.1) is 0 Å². The molecule has 0 aliphatic rings. The van der Waals surface area contributed by atoms with Crippen molar-refractivity contribution < 1.29 is 19.1 Å². The van der Waals surface area contributed by atoms with Gasteiger partial charge in [0.05, 0.1) is 0 Å². The number of carbonyl (C=O) groups is 2. The first kappa shape index (κ1) is 28.2. The Balaban J connectivity index is 2.03. The summed E-state index contributed by atoms with van der Waals surface area (Å²) in [5.41, 5.74) is 1.07. The van der Waals surface area contributed by atoms with Crippen LogP contribution in [0.2, 0.25) is 0 Å². The first-order valence-electron chi connectivity index (χ1n) is 12.2. The summed E-state index contributed by atoms with van der Waals surface area (Å²) in [6.45, 7) is 12.1. The van der Waals surface area contributed by atoms with E-state index in [1.54, 1.807) is 0 Å². The number of nitrogens with one attached hydrogen (secondary N) is 3. The van der Waals surface area contributed by atoms with Crippen LogP contribution in [0.4, 0.5) is 9.59 Å². The van der Waals surface area contributed by atoms with E-state index in [0.29, 0.717) is 25.9 Å². The van der Waals surface area contributed by atoms with Gasteiger partial charge in [0.15, 0.2) is 0 Å². The van der Waals surface area contributed by atoms with Gasteiger partial charge >= 0.3 is 12.2 Å². The summed E-state index contributed by atoms with van der Waals surface area (Å²) in [5.74, 6) is 0. The lowest BCUT2D eigenvalue weighted by molar-refractivity contribution is 0.0498. The van der Waals surface area contributed by atoms with Crippen molar-refractivity contribution in [3.63, 3.8) is 0 Å². The summed E-state index contributed by atoms with van der Waals surface area (Å²) in [5, 5.41) is 9.39. The summed E-state index contributed by atoms with van der Waals surface area (Å²) >= 11 is 0. The quantitative estimate of drug-likeness (QED) is 0.450. The van der Waals surface area contributed by atoms with Gasteiger partial charge in [0.25, 0.3) is 0 Å². The third-order valence-electron chi connectivity index (χ3n) is 4.87. The zero-order valence-electron chi connectivity index (χ0n) is 21.9. The Morgan fingerprint density at radius 1 is 0.657 bits per heavy atom. The second-order valence-corrected chi connectivity index (χ2v) is 10.7. The molecule has 0 saturated heterocycles. The Hall–Kier alpha value is -3.06. The summed E-state index contributed by atoms with van der Waals surface area (Å²) < 4.78 is 10.9. The molecule has 2 rings (SSSR count). The van der Waals surface area contributed by atoms with E-state index in [-0.39, 0.29) is 12.1 Å². The van der Waals surface area contributed by atoms with Crippen LogP contribution in [0, 0.1) is 0 Å². The van der Waals surface area contributed by atoms with Gasteiger partial charge in [-0.25, -0.2) is 9.59 Å². The fraction of sp³-hybridized carbons (Fsp3) is 0.500. The van der Waals surface area contributed by atoms with Crippen LogP contribution in [-0.4, -0.2) is 48.6 Å². The van der Waals surface area contributed by atoms with Crippen LogP contribution in [0.3, 0.4) is 0 Å². The summed E-state index contributed by atoms with van der Waals surface area (Å²) in [6.07, 6.45) is 0.396. The van der Waals surface area contributed by atoms with Crippen LogP contribution in [0.1, 0.15) is 52.7 Å². The molecule has 2 atom stereocenters. The molecule has 0 unspecified atom stereocenters. The smallest absolute Gasteiger partial charge is 0.407 e. The molecule has 0 radical (unpaired) electrons. The third-order valence-corrected chi connectivity index (χ3v) is 4.87. The van der Waals surface area contributed by atoms with Gasteiger partial charge < -0.3 is 25.4 Å². The van der Waals surface area contributed by atoms with Crippen molar-refractivity contribution in [2.75, 3.05) is 13.1 Å². The van der Waals surface area contributed by atoms with Gasteiger partial charge in [0, 0.05) is 25.2 Å². The fourth-order valence-corrected chi connectivity index (χ4v) is 3.53. The van der Waals surface area contributed by atoms with E-state index >= 15 is 0 Å². The SMILES string of the molecule is CC(C)(C)OC(=O)N[C@H](CNC[C@@H](Cc1ccccc1)NC(=O)OC(C)(C)C)Cc1ccccc1. The standard InChI is InChI=1S/C28H41N3O4/c1-27(2,3)34-25(32)30-23(17-21-13-9-7-10-14-21)19-29-20-24(18-22-15-11-8-12-16-22)31-26(33)35-28(4,5)6/h7-16,23-24,29H,17-20H2,1-6H3,(H,30,32)(H,31,33)/t23-,24+. The Morgan fingerprint density at radius 3 is 1.31 bits per heavy atom. The Morgan fingerprint density at radius 2 is 1.00 bits per heavy atom. The van der Waals surface area contributed by atoms with E-state index in [4.69, 9.17) is 9.47 Å². The molecule has 0 spiro atoms. The van der Waals surface area contributed by atoms with Gasteiger partial charge in [0.1, 0.15) is 11.2 Å². The highest BCUT2D eigenvalue weighted by Gasteiger charge is 2.22. The molecule has 0 aliphatic heterocycles. The van der Waals surface area contributed by atoms with Crippen LogP contribution >= 0.6 is 0 Å². The third kappa shape index (κ3) is 12.8. The molecule has 0 saturated carbocycles. The number of benzene rings is 2. The van der Waals surface area contributed by atoms with E-state index in [1.807, 2.05) is 102 Å². The second kappa shape index (κ2) is 13.1. The topological polar surface area (TPSA) is 88.7 Å². The van der Waals surface area contributed by atoms with Crippen molar-refractivity contribution in [3.8, 4) is 0 Å². The summed E-state index contributed by atoms with van der Waals surface area (Å²) in [4.78, 5) is 24.9. The maximum Gasteiger partial charge on any atom is 0.407 e. The number of ether oxygens (including phenoxy) is 2. The molecule has 0 heterocycles. The first-order chi connectivity index (χ1) is 16.4. The van der Waals surface area contributed by atoms with Crippen LogP contribution < -0.4 is 16.0 Å². The Kier molecular flexibility index (Phi) is 10.6. The van der Waals surface area contributed by atoms with E-state index in [1.165, 1.54) is 0 Å². The second-order valence-electron chi connectivity index (χ2n) is 10.7. The highest BCUT2D eigenvalue weighted by molar-refractivity contribution is 5.68. The van der Waals surface area contributed by atoms with Crippen LogP contribution in [0.25, 0.3) is 0 Å². The van der Waals surface area contributed by atoms with Crippen molar-refractivity contribution in [1.82, 2.24) is 16.0 Å². The van der Waals surface area contributed by atoms with Gasteiger partial charge in [-0.1, -0.05) is 60.7 Å². The minimum absolute atomic E-state index is 0.189. The van der Waals surface area contributed by atoms with E-state index < -0.39 is 23.4 Å². The lowest BCUT2D eigenvalue weighted by Gasteiger charge is -2.26. The monoisotopic (exact) mass is 483 g/mol. The molecule has 192 valence electrons. The minimum atomic E-state index is -0.576. The minimum Gasteiger partial charge on any atom is -0.444 e. The maximum atomic E-state index is 12.4. The number of hydrogen-bond acceptors (Lipinski definition) is 5. The summed E-state index contributed by atoms with van der Waals surface area (Å²) in [6, 6.07) is 19.6. The molecule has 2 aromatic carbocycles.